The summed E-state index contributed by atoms with van der Waals surface area (Å²) >= 11 is 0. The molecule has 2 aromatic rings. The molecule has 6 heteroatoms. The summed E-state index contributed by atoms with van der Waals surface area (Å²) in [5.74, 6) is -0.169. The summed E-state index contributed by atoms with van der Waals surface area (Å²) in [6, 6.07) is 5.67. The summed E-state index contributed by atoms with van der Waals surface area (Å²) in [4.78, 5) is 14.0. The van der Waals surface area contributed by atoms with Crippen molar-refractivity contribution in [2.45, 2.75) is 143 Å². The number of unbranched alkanes of at least 4 members (excludes halogenated alkanes) is 15. The first kappa shape index (κ1) is 33.7. The Bertz CT molecular complexity index is 885. The van der Waals surface area contributed by atoms with E-state index < -0.39 is 6.83 Å². The Balaban J connectivity index is 2.28. The molecule has 0 fully saturated rings. The fourth-order valence-electron chi connectivity index (χ4n) is 6.20. The summed E-state index contributed by atoms with van der Waals surface area (Å²) in [6.07, 6.45) is 27.2. The Labute approximate surface area is 240 Å². The SMILES string of the molecule is CCCCCCCCP(CC)(CCCCCCCC)(CCCCCCCC)OC(=O)c1cccc2n[nH]nc12. The molecule has 0 radical (unpaired) electrons. The van der Waals surface area contributed by atoms with Gasteiger partial charge >= 0.3 is 240 Å². The van der Waals surface area contributed by atoms with Gasteiger partial charge in [-0.15, -0.1) is 0 Å². The second-order valence-electron chi connectivity index (χ2n) is 12.0. The number of H-pyrrole nitrogens is 1. The van der Waals surface area contributed by atoms with E-state index in [0.29, 0.717) is 11.1 Å². The van der Waals surface area contributed by atoms with Crippen molar-refractivity contribution in [1.82, 2.24) is 15.4 Å². The van der Waals surface area contributed by atoms with E-state index in [-0.39, 0.29) is 5.97 Å². The molecule has 2 rings (SSSR count). The summed E-state index contributed by atoms with van der Waals surface area (Å²) in [5.41, 5.74) is 1.93. The molecule has 1 aromatic carbocycles. The number of aromatic amines is 1. The molecule has 0 spiro atoms. The third-order valence-corrected chi connectivity index (χ3v) is 15.6. The zero-order valence-electron chi connectivity index (χ0n) is 25.9. The van der Waals surface area contributed by atoms with Crippen LogP contribution in [0.1, 0.15) is 154 Å². The van der Waals surface area contributed by atoms with Crippen LogP contribution in [-0.2, 0) is 4.52 Å². The topological polar surface area (TPSA) is 67.9 Å². The Morgan fingerprint density at radius 2 is 1.13 bits per heavy atom. The van der Waals surface area contributed by atoms with E-state index in [9.17, 15) is 4.79 Å². The second-order valence-corrected chi connectivity index (χ2v) is 17.9. The van der Waals surface area contributed by atoms with Crippen LogP contribution >= 0.6 is 6.83 Å². The van der Waals surface area contributed by atoms with Crippen molar-refractivity contribution < 1.29 is 9.32 Å². The van der Waals surface area contributed by atoms with Crippen LogP contribution in [0.15, 0.2) is 18.2 Å². The number of rotatable bonds is 24. The number of aromatic nitrogens is 3. The number of para-hydroxylation sites is 1. The molecule has 0 atom stereocenters. The monoisotopic (exact) mass is 561 g/mol. The molecule has 5 nitrogen and oxygen atoms in total. The third-order valence-electron chi connectivity index (χ3n) is 8.94. The number of nitrogens with zero attached hydrogens (tertiary/aromatic N) is 2. The van der Waals surface area contributed by atoms with E-state index >= 15 is 0 Å². The number of hydrogen-bond acceptors (Lipinski definition) is 4. The van der Waals surface area contributed by atoms with Gasteiger partial charge in [0.1, 0.15) is 0 Å². The Hall–Kier alpha value is -1.48. The summed E-state index contributed by atoms with van der Waals surface area (Å²) in [5, 5.41) is 11.2. The van der Waals surface area contributed by atoms with Gasteiger partial charge in [0.05, 0.1) is 0 Å². The van der Waals surface area contributed by atoms with Gasteiger partial charge in [-0.25, -0.2) is 0 Å². The Morgan fingerprint density at radius 1 is 0.667 bits per heavy atom. The fourth-order valence-corrected chi connectivity index (χ4v) is 11.9. The van der Waals surface area contributed by atoms with Crippen molar-refractivity contribution in [3.05, 3.63) is 23.8 Å². The van der Waals surface area contributed by atoms with E-state index in [1.807, 2.05) is 18.2 Å². The minimum atomic E-state index is -2.75. The van der Waals surface area contributed by atoms with Gasteiger partial charge in [-0.1, -0.05) is 0 Å². The molecule has 0 saturated heterocycles. The molecular weight excluding hydrogens is 501 g/mol. The van der Waals surface area contributed by atoms with Crippen LogP contribution in [0.3, 0.4) is 0 Å². The van der Waals surface area contributed by atoms with Crippen molar-refractivity contribution in [1.29, 1.82) is 0 Å². The van der Waals surface area contributed by atoms with Gasteiger partial charge in [0.15, 0.2) is 0 Å². The Morgan fingerprint density at radius 3 is 1.59 bits per heavy atom. The van der Waals surface area contributed by atoms with Gasteiger partial charge in [-0.05, 0) is 0 Å². The average Bonchev–Trinajstić information content (AvgIpc) is 3.44. The first-order valence-electron chi connectivity index (χ1n) is 16.6. The molecule has 0 aliphatic heterocycles. The van der Waals surface area contributed by atoms with Crippen molar-refractivity contribution in [3.8, 4) is 0 Å². The third kappa shape index (κ3) is 11.1. The zero-order valence-corrected chi connectivity index (χ0v) is 26.8. The predicted molar refractivity (Wildman–Crippen MR) is 171 cm³/mol. The van der Waals surface area contributed by atoms with Crippen LogP contribution in [0.5, 0.6) is 0 Å². The van der Waals surface area contributed by atoms with Crippen LogP contribution in [-0.4, -0.2) is 46.0 Å². The quantitative estimate of drug-likeness (QED) is 0.102. The number of carbonyl (C=O) groups is 1. The summed E-state index contributed by atoms with van der Waals surface area (Å²) in [6.45, 7) is 6.41. The molecular formula is C33H60N3O2P. The Kier molecular flexibility index (Phi) is 16.2. The molecule has 1 aromatic heterocycles. The number of nitrogens with one attached hydrogen (secondary N) is 1. The molecule has 0 bridgehead atoms. The first-order valence-corrected chi connectivity index (χ1v) is 19.5. The maximum absolute atomic E-state index is 14.0. The van der Waals surface area contributed by atoms with Crippen LogP contribution in [0, 0.1) is 0 Å². The number of hydrogen-bond donors (Lipinski definition) is 1. The maximum atomic E-state index is 14.0. The molecule has 1 N–H and O–H groups in total. The van der Waals surface area contributed by atoms with E-state index in [1.54, 1.807) is 0 Å². The zero-order chi connectivity index (χ0) is 28.3. The van der Waals surface area contributed by atoms with Crippen molar-refractivity contribution in [3.63, 3.8) is 0 Å². The molecule has 0 saturated carbocycles. The molecule has 0 unspecified atom stereocenters. The van der Waals surface area contributed by atoms with E-state index in [1.165, 1.54) is 116 Å². The molecule has 224 valence electrons. The van der Waals surface area contributed by atoms with Gasteiger partial charge in [-0.3, -0.25) is 0 Å². The van der Waals surface area contributed by atoms with Gasteiger partial charge in [0.25, 0.3) is 0 Å². The molecule has 1 heterocycles. The van der Waals surface area contributed by atoms with E-state index in [2.05, 4.69) is 43.1 Å². The average molecular weight is 562 g/mol. The van der Waals surface area contributed by atoms with Gasteiger partial charge in [0, 0.05) is 0 Å². The molecule has 0 amide bonds. The normalized spacial score (nSPS) is 13.0. The van der Waals surface area contributed by atoms with E-state index in [4.69, 9.17) is 4.52 Å². The van der Waals surface area contributed by atoms with Gasteiger partial charge < -0.3 is 0 Å². The molecule has 0 aliphatic rings. The standard InChI is InChI=1S/C33H60N3O2P/c1-5-9-12-15-18-21-27-39(8-4,28-22-19-16-13-10-6-2,29-23-20-17-14-11-7-3)38-33(37)30-25-24-26-31-32(30)35-36-34-31/h24-26H,5-23,27-29H2,1-4H3,(H,34,35,36). The van der Waals surface area contributed by atoms with Gasteiger partial charge in [-0.2, -0.15) is 0 Å². The summed E-state index contributed by atoms with van der Waals surface area (Å²) < 4.78 is 7.03. The molecule has 0 aliphatic carbocycles. The molecule has 39 heavy (non-hydrogen) atoms. The fraction of sp³-hybridized carbons (Fsp3) is 0.788. The first-order chi connectivity index (χ1) is 19.0. The van der Waals surface area contributed by atoms with Crippen LogP contribution < -0.4 is 0 Å². The number of fused-ring (bicyclic) bond motifs is 1. The minimum absolute atomic E-state index is 0.169. The van der Waals surface area contributed by atoms with Crippen LogP contribution in [0.2, 0.25) is 0 Å². The van der Waals surface area contributed by atoms with Crippen molar-refractivity contribution in [2.75, 3.05) is 24.6 Å². The van der Waals surface area contributed by atoms with Crippen LogP contribution in [0.25, 0.3) is 11.0 Å². The number of benzene rings is 1. The number of carbonyl (C=O) groups excluding carboxylic acids is 1. The summed E-state index contributed by atoms with van der Waals surface area (Å²) in [7, 11) is 0. The van der Waals surface area contributed by atoms with Crippen LogP contribution in [0.4, 0.5) is 0 Å². The van der Waals surface area contributed by atoms with Crippen molar-refractivity contribution in [2.24, 2.45) is 0 Å². The van der Waals surface area contributed by atoms with E-state index in [0.717, 1.165) is 30.2 Å². The predicted octanol–water partition coefficient (Wildman–Crippen LogP) is 10.7. The second kappa shape index (κ2) is 18.8. The van der Waals surface area contributed by atoms with Crippen molar-refractivity contribution >= 4 is 23.8 Å². The van der Waals surface area contributed by atoms with Gasteiger partial charge in [0.2, 0.25) is 0 Å².